The second-order valence-electron chi connectivity index (χ2n) is 6.86. The molecule has 2 heterocycles. The van der Waals surface area contributed by atoms with Crippen LogP contribution in [-0.2, 0) is 17.6 Å². The van der Waals surface area contributed by atoms with Gasteiger partial charge in [0, 0.05) is 13.0 Å². The molecular weight excluding hydrogens is 286 g/mol. The molecular formula is C15H25N3O4. The van der Waals surface area contributed by atoms with Gasteiger partial charge in [-0.25, -0.2) is 4.79 Å². The summed E-state index contributed by atoms with van der Waals surface area (Å²) in [6.07, 6.45) is 1.84. The van der Waals surface area contributed by atoms with Gasteiger partial charge in [-0.05, 0) is 33.6 Å². The van der Waals surface area contributed by atoms with E-state index in [-0.39, 0.29) is 13.0 Å². The van der Waals surface area contributed by atoms with E-state index >= 15 is 0 Å². The molecule has 1 aliphatic rings. The first kappa shape index (κ1) is 16.7. The number of rotatable bonds is 3. The van der Waals surface area contributed by atoms with Crippen LogP contribution in [0.1, 0.15) is 52.3 Å². The number of likely N-dealkylation sites (tertiary alicyclic amines) is 1. The van der Waals surface area contributed by atoms with Crippen LogP contribution in [0, 0.1) is 0 Å². The summed E-state index contributed by atoms with van der Waals surface area (Å²) in [7, 11) is 0. The molecule has 0 aliphatic carbocycles. The van der Waals surface area contributed by atoms with Crippen LogP contribution in [0.3, 0.4) is 0 Å². The molecule has 0 spiro atoms. The molecule has 2 rings (SSSR count). The van der Waals surface area contributed by atoms with Gasteiger partial charge in [0.15, 0.2) is 5.82 Å². The maximum Gasteiger partial charge on any atom is 0.410 e. The Labute approximate surface area is 130 Å². The van der Waals surface area contributed by atoms with Crippen molar-refractivity contribution in [2.24, 2.45) is 0 Å². The molecule has 1 atom stereocenters. The van der Waals surface area contributed by atoms with Gasteiger partial charge in [-0.2, -0.15) is 4.98 Å². The zero-order valence-corrected chi connectivity index (χ0v) is 13.8. The molecule has 7 heteroatoms. The lowest BCUT2D eigenvalue weighted by molar-refractivity contribution is -0.0458. The highest BCUT2D eigenvalue weighted by Crippen LogP contribution is 2.26. The summed E-state index contributed by atoms with van der Waals surface area (Å²) in [4.78, 5) is 17.9. The number of aliphatic hydroxyl groups is 1. The topological polar surface area (TPSA) is 88.7 Å². The molecule has 1 aliphatic heterocycles. The second-order valence-corrected chi connectivity index (χ2v) is 6.86. The zero-order valence-electron chi connectivity index (χ0n) is 13.8. The summed E-state index contributed by atoms with van der Waals surface area (Å²) in [6.45, 7) is 8.21. The number of β-amino-alcohol motifs (C(OH)–C–C–N with tert-alkyl or cyclic N) is 1. The fourth-order valence-electron chi connectivity index (χ4n) is 2.53. The Morgan fingerprint density at radius 1 is 1.50 bits per heavy atom. The number of hydrogen-bond acceptors (Lipinski definition) is 6. The van der Waals surface area contributed by atoms with Crippen molar-refractivity contribution in [2.75, 3.05) is 13.1 Å². The number of carbonyl (C=O) groups is 1. The number of hydrogen-bond donors (Lipinski definition) is 1. The molecule has 1 amide bonds. The third kappa shape index (κ3) is 4.43. The predicted molar refractivity (Wildman–Crippen MR) is 79.4 cm³/mol. The van der Waals surface area contributed by atoms with E-state index in [4.69, 9.17) is 9.26 Å². The van der Waals surface area contributed by atoms with Gasteiger partial charge >= 0.3 is 6.09 Å². The first-order valence-corrected chi connectivity index (χ1v) is 7.72. The quantitative estimate of drug-likeness (QED) is 0.917. The van der Waals surface area contributed by atoms with E-state index in [2.05, 4.69) is 10.1 Å². The average molecular weight is 311 g/mol. The van der Waals surface area contributed by atoms with E-state index in [1.165, 1.54) is 0 Å². The highest BCUT2D eigenvalue weighted by molar-refractivity contribution is 5.68. The molecule has 1 fully saturated rings. The molecule has 0 aromatic carbocycles. The van der Waals surface area contributed by atoms with E-state index < -0.39 is 17.3 Å². The summed E-state index contributed by atoms with van der Waals surface area (Å²) in [5.41, 5.74) is -1.60. The Hall–Kier alpha value is -1.63. The SMILES string of the molecule is CCc1noc(C[C@]2(O)CCCN(C(=O)OC(C)(C)C)C2)n1. The Bertz CT molecular complexity index is 523. The van der Waals surface area contributed by atoms with E-state index in [0.29, 0.717) is 37.5 Å². The monoisotopic (exact) mass is 311 g/mol. The summed E-state index contributed by atoms with van der Waals surface area (Å²) in [5.74, 6) is 1.03. The molecule has 7 nitrogen and oxygen atoms in total. The van der Waals surface area contributed by atoms with Crippen molar-refractivity contribution in [1.82, 2.24) is 15.0 Å². The minimum atomic E-state index is -1.05. The molecule has 0 radical (unpaired) electrons. The number of aryl methyl sites for hydroxylation is 1. The largest absolute Gasteiger partial charge is 0.444 e. The van der Waals surface area contributed by atoms with Gasteiger partial charge in [-0.1, -0.05) is 12.1 Å². The molecule has 22 heavy (non-hydrogen) atoms. The number of piperidine rings is 1. The Morgan fingerprint density at radius 3 is 2.82 bits per heavy atom. The number of nitrogens with zero attached hydrogens (tertiary/aromatic N) is 3. The van der Waals surface area contributed by atoms with Gasteiger partial charge in [0.25, 0.3) is 0 Å². The minimum absolute atomic E-state index is 0.214. The first-order chi connectivity index (χ1) is 10.2. The second kappa shape index (κ2) is 6.24. The van der Waals surface area contributed by atoms with E-state index in [1.54, 1.807) is 4.90 Å². The van der Waals surface area contributed by atoms with Crippen molar-refractivity contribution in [3.8, 4) is 0 Å². The predicted octanol–water partition coefficient (Wildman–Crippen LogP) is 1.94. The number of amides is 1. The Morgan fingerprint density at radius 2 is 2.23 bits per heavy atom. The van der Waals surface area contributed by atoms with Gasteiger partial charge < -0.3 is 19.3 Å². The molecule has 124 valence electrons. The highest BCUT2D eigenvalue weighted by Gasteiger charge is 2.38. The van der Waals surface area contributed by atoms with Crippen molar-refractivity contribution in [3.63, 3.8) is 0 Å². The molecule has 1 saturated heterocycles. The molecule has 1 aromatic rings. The third-order valence-corrected chi connectivity index (χ3v) is 3.51. The van der Waals surface area contributed by atoms with E-state index in [1.807, 2.05) is 27.7 Å². The maximum absolute atomic E-state index is 12.1. The van der Waals surface area contributed by atoms with Gasteiger partial charge in [0.1, 0.15) is 5.60 Å². The van der Waals surface area contributed by atoms with Gasteiger partial charge in [0.05, 0.1) is 18.6 Å². The van der Waals surface area contributed by atoms with Crippen LogP contribution in [0.5, 0.6) is 0 Å². The molecule has 1 aromatic heterocycles. The number of carbonyl (C=O) groups excluding carboxylic acids is 1. The highest BCUT2D eigenvalue weighted by atomic mass is 16.6. The molecule has 0 unspecified atom stereocenters. The molecule has 0 saturated carbocycles. The third-order valence-electron chi connectivity index (χ3n) is 3.51. The van der Waals surface area contributed by atoms with Crippen molar-refractivity contribution in [1.29, 1.82) is 0 Å². The van der Waals surface area contributed by atoms with Gasteiger partial charge in [0.2, 0.25) is 5.89 Å². The normalized spacial score (nSPS) is 22.7. The number of ether oxygens (including phenoxy) is 1. The van der Waals surface area contributed by atoms with Crippen LogP contribution in [0.25, 0.3) is 0 Å². The van der Waals surface area contributed by atoms with E-state index in [0.717, 1.165) is 0 Å². The van der Waals surface area contributed by atoms with Crippen molar-refractivity contribution in [2.45, 2.75) is 64.6 Å². The summed E-state index contributed by atoms with van der Waals surface area (Å²) < 4.78 is 10.5. The first-order valence-electron chi connectivity index (χ1n) is 7.72. The summed E-state index contributed by atoms with van der Waals surface area (Å²) in [5, 5.41) is 14.6. The van der Waals surface area contributed by atoms with Crippen LogP contribution in [-0.4, -0.2) is 50.5 Å². The summed E-state index contributed by atoms with van der Waals surface area (Å²) in [6, 6.07) is 0. The van der Waals surface area contributed by atoms with Gasteiger partial charge in [-0.3, -0.25) is 0 Å². The van der Waals surface area contributed by atoms with Crippen molar-refractivity contribution < 1.29 is 19.2 Å². The zero-order chi connectivity index (χ0) is 16.4. The van der Waals surface area contributed by atoms with Crippen LogP contribution in [0.2, 0.25) is 0 Å². The fraction of sp³-hybridized carbons (Fsp3) is 0.800. The van der Waals surface area contributed by atoms with Crippen LogP contribution in [0.15, 0.2) is 4.52 Å². The maximum atomic E-state index is 12.1. The van der Waals surface area contributed by atoms with Crippen LogP contribution < -0.4 is 0 Å². The van der Waals surface area contributed by atoms with Gasteiger partial charge in [-0.15, -0.1) is 0 Å². The Balaban J connectivity index is 2.00. The lowest BCUT2D eigenvalue weighted by Gasteiger charge is -2.38. The standard InChI is InChI=1S/C15H25N3O4/c1-5-11-16-12(22-17-11)9-15(20)7-6-8-18(10-15)13(19)21-14(2,3)4/h20H,5-10H2,1-4H3/t15-/m1/s1. The minimum Gasteiger partial charge on any atom is -0.444 e. The van der Waals surface area contributed by atoms with Crippen LogP contribution >= 0.6 is 0 Å². The van der Waals surface area contributed by atoms with Crippen LogP contribution in [0.4, 0.5) is 4.79 Å². The lowest BCUT2D eigenvalue weighted by atomic mass is 9.90. The molecule has 1 N–H and O–H groups in total. The molecule has 0 bridgehead atoms. The number of aromatic nitrogens is 2. The van der Waals surface area contributed by atoms with E-state index in [9.17, 15) is 9.90 Å². The lowest BCUT2D eigenvalue weighted by Crippen LogP contribution is -2.52. The van der Waals surface area contributed by atoms with Crippen molar-refractivity contribution >= 4 is 6.09 Å². The fourth-order valence-corrected chi connectivity index (χ4v) is 2.53. The van der Waals surface area contributed by atoms with Crippen molar-refractivity contribution in [3.05, 3.63) is 11.7 Å². The Kier molecular flexibility index (Phi) is 4.75. The smallest absolute Gasteiger partial charge is 0.410 e. The summed E-state index contributed by atoms with van der Waals surface area (Å²) >= 11 is 0. The average Bonchev–Trinajstić information content (AvgIpc) is 2.83.